The Kier molecular flexibility index (Phi) is 4.36. The van der Waals surface area contributed by atoms with Crippen LogP contribution < -0.4 is 5.32 Å². The summed E-state index contributed by atoms with van der Waals surface area (Å²) in [5.41, 5.74) is 0. The van der Waals surface area contributed by atoms with Crippen molar-refractivity contribution in [2.75, 3.05) is 0 Å². The molecule has 18 heavy (non-hydrogen) atoms. The monoisotopic (exact) mass is 251 g/mol. The number of aromatic nitrogens is 2. The number of carbonyl (C=O) groups is 1. The number of nitrogens with zero attached hydrogens (tertiary/aromatic N) is 1. The maximum Gasteiger partial charge on any atom is 0.306 e. The summed E-state index contributed by atoms with van der Waals surface area (Å²) in [6.45, 7) is 2.11. The van der Waals surface area contributed by atoms with Gasteiger partial charge in [0.2, 0.25) is 0 Å². The van der Waals surface area contributed by atoms with Gasteiger partial charge in [-0.05, 0) is 25.7 Å². The van der Waals surface area contributed by atoms with Crippen LogP contribution in [0.2, 0.25) is 0 Å². The number of H-pyrrole nitrogens is 1. The number of carboxylic acid groups (broad SMARTS) is 1. The molecule has 3 atom stereocenters. The van der Waals surface area contributed by atoms with Gasteiger partial charge in [0.15, 0.2) is 0 Å². The van der Waals surface area contributed by atoms with E-state index in [0.29, 0.717) is 0 Å². The molecule has 0 spiro atoms. The van der Waals surface area contributed by atoms with E-state index in [1.54, 1.807) is 6.20 Å². The standard InChI is InChI=1S/C13H21N3O2/c1-2-11(12-14-6-7-15-12)16-10-5-3-4-9(8-10)13(17)18/h6-7,9-11,16H,2-5,8H2,1H3,(H,14,15)(H,17,18). The van der Waals surface area contributed by atoms with Gasteiger partial charge in [-0.25, -0.2) is 4.98 Å². The van der Waals surface area contributed by atoms with Gasteiger partial charge in [0.05, 0.1) is 12.0 Å². The second-order valence-corrected chi connectivity index (χ2v) is 5.00. The second-order valence-electron chi connectivity index (χ2n) is 5.00. The highest BCUT2D eigenvalue weighted by atomic mass is 16.4. The number of carboxylic acids is 1. The summed E-state index contributed by atoms with van der Waals surface area (Å²) in [6.07, 6.45) is 8.10. The van der Waals surface area contributed by atoms with Gasteiger partial charge in [-0.15, -0.1) is 0 Å². The van der Waals surface area contributed by atoms with Crippen LogP contribution >= 0.6 is 0 Å². The summed E-state index contributed by atoms with van der Waals surface area (Å²) < 4.78 is 0. The van der Waals surface area contributed by atoms with E-state index in [-0.39, 0.29) is 18.0 Å². The van der Waals surface area contributed by atoms with Crippen molar-refractivity contribution in [1.29, 1.82) is 0 Å². The summed E-state index contributed by atoms with van der Waals surface area (Å²) >= 11 is 0. The number of aliphatic carboxylic acids is 1. The zero-order chi connectivity index (χ0) is 13.0. The fourth-order valence-corrected chi connectivity index (χ4v) is 2.71. The van der Waals surface area contributed by atoms with Crippen molar-refractivity contribution in [2.24, 2.45) is 5.92 Å². The third-order valence-electron chi connectivity index (χ3n) is 3.72. The van der Waals surface area contributed by atoms with E-state index in [0.717, 1.165) is 37.9 Å². The van der Waals surface area contributed by atoms with Crippen LogP contribution in [-0.2, 0) is 4.79 Å². The van der Waals surface area contributed by atoms with E-state index in [9.17, 15) is 4.79 Å². The van der Waals surface area contributed by atoms with Gasteiger partial charge in [-0.3, -0.25) is 4.79 Å². The Morgan fingerprint density at radius 1 is 1.67 bits per heavy atom. The van der Waals surface area contributed by atoms with E-state index in [1.165, 1.54) is 0 Å². The molecule has 0 saturated heterocycles. The number of hydrogen-bond donors (Lipinski definition) is 3. The molecule has 0 aliphatic heterocycles. The molecule has 1 aromatic rings. The lowest BCUT2D eigenvalue weighted by atomic mass is 9.85. The summed E-state index contributed by atoms with van der Waals surface area (Å²) in [5.74, 6) is 0.0906. The largest absolute Gasteiger partial charge is 0.481 e. The molecule has 1 aromatic heterocycles. The minimum Gasteiger partial charge on any atom is -0.481 e. The first kappa shape index (κ1) is 13.1. The van der Waals surface area contributed by atoms with E-state index >= 15 is 0 Å². The smallest absolute Gasteiger partial charge is 0.306 e. The molecule has 1 aliphatic carbocycles. The Labute approximate surface area is 107 Å². The molecule has 5 heteroatoms. The molecule has 1 heterocycles. The molecule has 1 aliphatic rings. The quantitative estimate of drug-likeness (QED) is 0.748. The number of rotatable bonds is 5. The van der Waals surface area contributed by atoms with Crippen molar-refractivity contribution in [3.63, 3.8) is 0 Å². The van der Waals surface area contributed by atoms with E-state index < -0.39 is 5.97 Å². The lowest BCUT2D eigenvalue weighted by molar-refractivity contribution is -0.143. The lowest BCUT2D eigenvalue weighted by Gasteiger charge is -2.30. The molecule has 2 rings (SSSR count). The predicted molar refractivity (Wildman–Crippen MR) is 68.1 cm³/mol. The van der Waals surface area contributed by atoms with Crippen LogP contribution in [0.5, 0.6) is 0 Å². The highest BCUT2D eigenvalue weighted by Crippen LogP contribution is 2.26. The van der Waals surface area contributed by atoms with Crippen LogP contribution in [0.1, 0.15) is 50.9 Å². The average molecular weight is 251 g/mol. The van der Waals surface area contributed by atoms with Gasteiger partial charge in [-0.1, -0.05) is 13.3 Å². The molecule has 0 bridgehead atoms. The third-order valence-corrected chi connectivity index (χ3v) is 3.72. The van der Waals surface area contributed by atoms with Crippen LogP contribution in [0, 0.1) is 5.92 Å². The molecule has 0 amide bonds. The first-order valence-corrected chi connectivity index (χ1v) is 6.68. The van der Waals surface area contributed by atoms with Crippen LogP contribution in [0.15, 0.2) is 12.4 Å². The number of nitrogens with one attached hydrogen (secondary N) is 2. The zero-order valence-electron chi connectivity index (χ0n) is 10.7. The van der Waals surface area contributed by atoms with Gasteiger partial charge in [0, 0.05) is 18.4 Å². The Morgan fingerprint density at radius 3 is 3.11 bits per heavy atom. The summed E-state index contributed by atoms with van der Waals surface area (Å²) in [5, 5.41) is 12.6. The molecule has 3 N–H and O–H groups in total. The minimum atomic E-state index is -0.660. The van der Waals surface area contributed by atoms with Crippen molar-refractivity contribution in [1.82, 2.24) is 15.3 Å². The molecule has 100 valence electrons. The van der Waals surface area contributed by atoms with E-state index in [4.69, 9.17) is 5.11 Å². The Morgan fingerprint density at radius 2 is 2.50 bits per heavy atom. The van der Waals surface area contributed by atoms with Crippen molar-refractivity contribution < 1.29 is 9.90 Å². The van der Waals surface area contributed by atoms with Gasteiger partial charge in [0.1, 0.15) is 5.82 Å². The second kappa shape index (κ2) is 6.00. The number of imidazole rings is 1. The predicted octanol–water partition coefficient (Wildman–Crippen LogP) is 2.09. The SMILES string of the molecule is CCC(NC1CCCC(C(=O)O)C1)c1ncc[nH]1. The van der Waals surface area contributed by atoms with Crippen molar-refractivity contribution in [3.05, 3.63) is 18.2 Å². The highest BCUT2D eigenvalue weighted by Gasteiger charge is 2.28. The third kappa shape index (κ3) is 3.10. The normalized spacial score (nSPS) is 25.8. The van der Waals surface area contributed by atoms with E-state index in [2.05, 4.69) is 22.2 Å². The van der Waals surface area contributed by atoms with Gasteiger partial charge < -0.3 is 15.4 Å². The summed E-state index contributed by atoms with van der Waals surface area (Å²) in [4.78, 5) is 18.4. The van der Waals surface area contributed by atoms with Crippen molar-refractivity contribution in [3.8, 4) is 0 Å². The fourth-order valence-electron chi connectivity index (χ4n) is 2.71. The lowest BCUT2D eigenvalue weighted by Crippen LogP contribution is -2.38. The number of aromatic amines is 1. The molecule has 3 unspecified atom stereocenters. The average Bonchev–Trinajstić information content (AvgIpc) is 2.90. The Balaban J connectivity index is 1.93. The van der Waals surface area contributed by atoms with Gasteiger partial charge >= 0.3 is 5.97 Å². The minimum absolute atomic E-state index is 0.189. The van der Waals surface area contributed by atoms with Crippen LogP contribution in [0.3, 0.4) is 0 Å². The molecule has 1 saturated carbocycles. The first-order valence-electron chi connectivity index (χ1n) is 6.68. The molecular weight excluding hydrogens is 230 g/mol. The summed E-state index contributed by atoms with van der Waals surface area (Å²) in [7, 11) is 0. The van der Waals surface area contributed by atoms with Crippen molar-refractivity contribution in [2.45, 2.75) is 51.1 Å². The molecule has 0 radical (unpaired) electrons. The zero-order valence-corrected chi connectivity index (χ0v) is 10.7. The highest BCUT2D eigenvalue weighted by molar-refractivity contribution is 5.70. The number of hydrogen-bond acceptors (Lipinski definition) is 3. The molecular formula is C13H21N3O2. The Bertz CT molecular complexity index is 378. The van der Waals surface area contributed by atoms with Gasteiger partial charge in [0.25, 0.3) is 0 Å². The topological polar surface area (TPSA) is 78.0 Å². The van der Waals surface area contributed by atoms with Crippen LogP contribution in [0.4, 0.5) is 0 Å². The maximum absolute atomic E-state index is 11.0. The molecule has 5 nitrogen and oxygen atoms in total. The Hall–Kier alpha value is -1.36. The first-order chi connectivity index (χ1) is 8.70. The molecule has 1 fully saturated rings. The van der Waals surface area contributed by atoms with Crippen molar-refractivity contribution >= 4 is 5.97 Å². The molecule has 0 aromatic carbocycles. The van der Waals surface area contributed by atoms with Crippen LogP contribution in [-0.4, -0.2) is 27.1 Å². The fraction of sp³-hybridized carbons (Fsp3) is 0.692. The maximum atomic E-state index is 11.0. The van der Waals surface area contributed by atoms with E-state index in [1.807, 2.05) is 6.20 Å². The van der Waals surface area contributed by atoms with Gasteiger partial charge in [-0.2, -0.15) is 0 Å². The summed E-state index contributed by atoms with van der Waals surface area (Å²) in [6, 6.07) is 0.479. The van der Waals surface area contributed by atoms with Crippen LogP contribution in [0.25, 0.3) is 0 Å².